The molecule has 1 fully saturated rings. The molecule has 0 aromatic heterocycles. The summed E-state index contributed by atoms with van der Waals surface area (Å²) in [5.74, 6) is 0.00729. The van der Waals surface area contributed by atoms with E-state index in [1.165, 1.54) is 16.8 Å². The highest BCUT2D eigenvalue weighted by molar-refractivity contribution is 5.91. The molecule has 1 aliphatic heterocycles. The third kappa shape index (κ3) is 4.83. The van der Waals surface area contributed by atoms with Gasteiger partial charge in [0.1, 0.15) is 11.2 Å². The number of rotatable bonds is 6. The largest absolute Gasteiger partial charge is 0.496 e. The summed E-state index contributed by atoms with van der Waals surface area (Å²) in [6, 6.07) is 31.0. The number of aryl methyl sites for hydroxylation is 2. The van der Waals surface area contributed by atoms with E-state index < -0.39 is 11.3 Å². The van der Waals surface area contributed by atoms with Crippen LogP contribution in [0, 0.1) is 30.6 Å². The maximum Gasteiger partial charge on any atom is 0.243 e. The van der Waals surface area contributed by atoms with Crippen molar-refractivity contribution in [2.24, 2.45) is 5.41 Å². The van der Waals surface area contributed by atoms with E-state index >= 15 is 0 Å². The molecule has 1 amide bonds. The quantitative estimate of drug-likeness (QED) is 0.294. The molecule has 0 N–H and O–H groups in total. The van der Waals surface area contributed by atoms with Crippen LogP contribution in [0.15, 0.2) is 84.9 Å². The van der Waals surface area contributed by atoms with Gasteiger partial charge in [-0.15, -0.1) is 0 Å². The molecule has 39 heavy (non-hydrogen) atoms. The lowest BCUT2D eigenvalue weighted by molar-refractivity contribution is -0.139. The highest BCUT2D eigenvalue weighted by Gasteiger charge is 2.47. The van der Waals surface area contributed by atoms with Gasteiger partial charge in [0.05, 0.1) is 13.2 Å². The molecule has 4 aromatic rings. The van der Waals surface area contributed by atoms with Crippen molar-refractivity contribution in [3.8, 4) is 11.8 Å². The van der Waals surface area contributed by atoms with Gasteiger partial charge in [-0.3, -0.25) is 4.79 Å². The SMILES string of the molecule is COc1ccccc1[C@H](c1cccc2ccccc12)[C@@](C)(C#N)C(=O)N1CCN(c2ccc(C)c(C)c2)CC1. The van der Waals surface area contributed by atoms with Crippen molar-refractivity contribution < 1.29 is 9.53 Å². The van der Waals surface area contributed by atoms with Gasteiger partial charge in [-0.1, -0.05) is 66.7 Å². The van der Waals surface area contributed by atoms with Crippen molar-refractivity contribution in [2.75, 3.05) is 38.2 Å². The Hall–Kier alpha value is -4.30. The highest BCUT2D eigenvalue weighted by atomic mass is 16.5. The van der Waals surface area contributed by atoms with Crippen molar-refractivity contribution >= 4 is 22.4 Å². The zero-order valence-corrected chi connectivity index (χ0v) is 23.1. The average molecular weight is 518 g/mol. The van der Waals surface area contributed by atoms with Gasteiger partial charge >= 0.3 is 0 Å². The number of carbonyl (C=O) groups is 1. The van der Waals surface area contributed by atoms with Crippen LogP contribution >= 0.6 is 0 Å². The van der Waals surface area contributed by atoms with Gasteiger partial charge in [0.2, 0.25) is 5.91 Å². The Morgan fingerprint density at radius 3 is 2.26 bits per heavy atom. The molecule has 1 saturated heterocycles. The smallest absolute Gasteiger partial charge is 0.243 e. The van der Waals surface area contributed by atoms with Crippen molar-refractivity contribution in [1.82, 2.24) is 4.90 Å². The molecule has 0 saturated carbocycles. The lowest BCUT2D eigenvalue weighted by atomic mass is 9.68. The number of amides is 1. The standard InChI is InChI=1S/C34H35N3O2/c1-24-16-17-27(22-25(24)2)36-18-20-37(21-19-36)33(38)34(3,23-35)32(30-13-7-8-15-31(30)39-4)29-14-9-11-26-10-5-6-12-28(26)29/h5-17,22,32H,18-21H2,1-4H3/t32-,34+/m0/s1. The van der Waals surface area contributed by atoms with Crippen LogP contribution in [0.5, 0.6) is 5.75 Å². The number of fused-ring (bicyclic) bond motifs is 1. The topological polar surface area (TPSA) is 56.6 Å². The Morgan fingerprint density at radius 1 is 0.872 bits per heavy atom. The summed E-state index contributed by atoms with van der Waals surface area (Å²) in [5.41, 5.74) is 4.15. The van der Waals surface area contributed by atoms with Crippen LogP contribution in [-0.4, -0.2) is 44.1 Å². The fourth-order valence-electron chi connectivity index (χ4n) is 5.85. The summed E-state index contributed by atoms with van der Waals surface area (Å²) in [5, 5.41) is 12.9. The fourth-order valence-corrected chi connectivity index (χ4v) is 5.85. The second-order valence-corrected chi connectivity index (χ2v) is 10.6. The average Bonchev–Trinajstić information content (AvgIpc) is 2.98. The number of piperazine rings is 1. The highest BCUT2D eigenvalue weighted by Crippen LogP contribution is 2.47. The molecule has 0 spiro atoms. The van der Waals surface area contributed by atoms with Gasteiger partial charge < -0.3 is 14.5 Å². The first-order chi connectivity index (χ1) is 18.9. The Morgan fingerprint density at radius 2 is 1.54 bits per heavy atom. The van der Waals surface area contributed by atoms with E-state index in [0.29, 0.717) is 18.8 Å². The molecule has 4 aromatic carbocycles. The minimum atomic E-state index is -1.35. The first kappa shape index (κ1) is 26.3. The molecular weight excluding hydrogens is 482 g/mol. The predicted molar refractivity (Wildman–Crippen MR) is 157 cm³/mol. The molecule has 5 nitrogen and oxygen atoms in total. The minimum Gasteiger partial charge on any atom is -0.496 e. The van der Waals surface area contributed by atoms with E-state index in [2.05, 4.69) is 61.2 Å². The molecule has 0 unspecified atom stereocenters. The van der Waals surface area contributed by atoms with Crippen LogP contribution in [0.3, 0.4) is 0 Å². The number of anilines is 1. The van der Waals surface area contributed by atoms with Crippen LogP contribution < -0.4 is 9.64 Å². The van der Waals surface area contributed by atoms with Crippen LogP contribution in [0.2, 0.25) is 0 Å². The number of para-hydroxylation sites is 1. The lowest BCUT2D eigenvalue weighted by Crippen LogP contribution is -2.53. The van der Waals surface area contributed by atoms with Gasteiger partial charge in [0.15, 0.2) is 0 Å². The van der Waals surface area contributed by atoms with Gasteiger partial charge in [-0.05, 0) is 66.4 Å². The summed E-state index contributed by atoms with van der Waals surface area (Å²) < 4.78 is 5.76. The summed E-state index contributed by atoms with van der Waals surface area (Å²) in [7, 11) is 1.64. The number of ether oxygens (including phenoxy) is 1. The molecular formula is C34H35N3O2. The zero-order chi connectivity index (χ0) is 27.6. The maximum atomic E-state index is 14.4. The van der Waals surface area contributed by atoms with E-state index in [1.807, 2.05) is 53.4 Å². The van der Waals surface area contributed by atoms with Crippen molar-refractivity contribution in [3.63, 3.8) is 0 Å². The Bertz CT molecular complexity index is 1540. The monoisotopic (exact) mass is 517 g/mol. The number of methoxy groups -OCH3 is 1. The lowest BCUT2D eigenvalue weighted by Gasteiger charge is -2.41. The van der Waals surface area contributed by atoms with Gasteiger partial charge in [-0.2, -0.15) is 5.26 Å². The summed E-state index contributed by atoms with van der Waals surface area (Å²) in [6.07, 6.45) is 0. The summed E-state index contributed by atoms with van der Waals surface area (Å²) >= 11 is 0. The molecule has 5 heteroatoms. The van der Waals surface area contributed by atoms with E-state index in [0.717, 1.165) is 35.0 Å². The molecule has 198 valence electrons. The van der Waals surface area contributed by atoms with E-state index in [1.54, 1.807) is 14.0 Å². The minimum absolute atomic E-state index is 0.145. The van der Waals surface area contributed by atoms with Gasteiger partial charge in [-0.25, -0.2) is 0 Å². The zero-order valence-electron chi connectivity index (χ0n) is 23.1. The fraction of sp³-hybridized carbons (Fsp3) is 0.294. The molecule has 0 radical (unpaired) electrons. The van der Waals surface area contributed by atoms with Crippen LogP contribution in [-0.2, 0) is 4.79 Å². The van der Waals surface area contributed by atoms with Gasteiger partial charge in [0, 0.05) is 43.3 Å². The second kappa shape index (κ2) is 10.8. The maximum absolute atomic E-state index is 14.4. The first-order valence-corrected chi connectivity index (χ1v) is 13.5. The van der Waals surface area contributed by atoms with Crippen molar-refractivity contribution in [2.45, 2.75) is 26.7 Å². The van der Waals surface area contributed by atoms with Crippen LogP contribution in [0.25, 0.3) is 10.8 Å². The number of nitriles is 1. The number of hydrogen-bond acceptors (Lipinski definition) is 4. The van der Waals surface area contributed by atoms with Gasteiger partial charge in [0.25, 0.3) is 0 Å². The Labute approximate surface area is 231 Å². The molecule has 1 heterocycles. The molecule has 2 atom stereocenters. The molecule has 0 aliphatic carbocycles. The number of nitrogens with zero attached hydrogens (tertiary/aromatic N) is 3. The number of benzene rings is 4. The Balaban J connectivity index is 1.53. The predicted octanol–water partition coefficient (Wildman–Crippen LogP) is 6.48. The van der Waals surface area contributed by atoms with E-state index in [4.69, 9.17) is 4.74 Å². The number of hydrogen-bond donors (Lipinski definition) is 0. The Kier molecular flexibility index (Phi) is 7.30. The second-order valence-electron chi connectivity index (χ2n) is 10.6. The normalized spacial score (nSPS) is 15.9. The van der Waals surface area contributed by atoms with Crippen LogP contribution in [0.4, 0.5) is 5.69 Å². The molecule has 0 bridgehead atoms. The summed E-state index contributed by atoms with van der Waals surface area (Å²) in [6.45, 7) is 8.62. The van der Waals surface area contributed by atoms with Crippen molar-refractivity contribution in [3.05, 3.63) is 107 Å². The third-order valence-corrected chi connectivity index (χ3v) is 8.26. The molecule has 1 aliphatic rings. The molecule has 5 rings (SSSR count). The van der Waals surface area contributed by atoms with E-state index in [9.17, 15) is 10.1 Å². The third-order valence-electron chi connectivity index (χ3n) is 8.26. The number of carbonyl (C=O) groups excluding carboxylic acids is 1. The summed E-state index contributed by atoms with van der Waals surface area (Å²) in [4.78, 5) is 18.6. The van der Waals surface area contributed by atoms with Crippen molar-refractivity contribution in [1.29, 1.82) is 5.26 Å². The van der Waals surface area contributed by atoms with E-state index in [-0.39, 0.29) is 5.91 Å². The van der Waals surface area contributed by atoms with Crippen LogP contribution in [0.1, 0.15) is 35.1 Å². The first-order valence-electron chi connectivity index (χ1n) is 13.5.